The van der Waals surface area contributed by atoms with Crippen LogP contribution >= 0.6 is 0 Å². The summed E-state index contributed by atoms with van der Waals surface area (Å²) in [4.78, 5) is 25.6. The van der Waals surface area contributed by atoms with Crippen LogP contribution in [0.5, 0.6) is 0 Å². The van der Waals surface area contributed by atoms with E-state index in [4.69, 9.17) is 0 Å². The smallest absolute Gasteiger partial charge is 0.226 e. The van der Waals surface area contributed by atoms with Crippen LogP contribution in [0, 0.1) is 13.8 Å². The molecule has 1 aliphatic heterocycles. The number of nitrogens with one attached hydrogen (secondary N) is 1. The first-order valence-corrected chi connectivity index (χ1v) is 9.57. The van der Waals surface area contributed by atoms with Crippen LogP contribution in [-0.4, -0.2) is 21.5 Å². The summed E-state index contributed by atoms with van der Waals surface area (Å²) in [5.41, 5.74) is 5.39. The number of anilines is 1. The fraction of sp³-hybridized carbons (Fsp3) is 0.261. The second kappa shape index (κ2) is 7.08. The summed E-state index contributed by atoms with van der Waals surface area (Å²) >= 11 is 0. The molecule has 0 spiro atoms. The minimum Gasteiger partial charge on any atom is -0.310 e. The number of rotatable bonds is 4. The zero-order valence-electron chi connectivity index (χ0n) is 16.3. The third-order valence-corrected chi connectivity index (χ3v) is 5.34. The summed E-state index contributed by atoms with van der Waals surface area (Å²) < 4.78 is 1.73. The average molecular weight is 373 g/mol. The monoisotopic (exact) mass is 373 g/mol. The number of fused-ring (bicyclic) bond motifs is 1. The van der Waals surface area contributed by atoms with E-state index in [2.05, 4.69) is 29.5 Å². The molecule has 0 saturated heterocycles. The first-order chi connectivity index (χ1) is 13.5. The quantitative estimate of drug-likeness (QED) is 0.691. The van der Waals surface area contributed by atoms with E-state index in [0.717, 1.165) is 28.9 Å². The van der Waals surface area contributed by atoms with Crippen molar-refractivity contribution in [2.24, 2.45) is 0 Å². The molecule has 1 aromatic heterocycles. The van der Waals surface area contributed by atoms with Crippen LogP contribution in [0.1, 0.15) is 52.0 Å². The van der Waals surface area contributed by atoms with E-state index < -0.39 is 5.92 Å². The molecule has 142 valence electrons. The highest BCUT2D eigenvalue weighted by molar-refractivity contribution is 6.08. The topological polar surface area (TPSA) is 64.0 Å². The van der Waals surface area contributed by atoms with Gasteiger partial charge in [0.1, 0.15) is 5.82 Å². The largest absolute Gasteiger partial charge is 0.310 e. The Morgan fingerprint density at radius 3 is 2.43 bits per heavy atom. The highest BCUT2D eigenvalue weighted by Crippen LogP contribution is 2.38. The number of hydrogen-bond acceptors (Lipinski definition) is 3. The summed E-state index contributed by atoms with van der Waals surface area (Å²) in [7, 11) is 0. The van der Waals surface area contributed by atoms with Crippen molar-refractivity contribution in [1.82, 2.24) is 9.78 Å². The second-order valence-electron chi connectivity index (χ2n) is 7.31. The molecule has 1 amide bonds. The predicted octanol–water partition coefficient (Wildman–Crippen LogP) is 4.36. The van der Waals surface area contributed by atoms with Gasteiger partial charge >= 0.3 is 0 Å². The zero-order chi connectivity index (χ0) is 19.8. The fourth-order valence-electron chi connectivity index (χ4n) is 3.75. The number of ketones is 1. The Morgan fingerprint density at radius 2 is 1.79 bits per heavy atom. The van der Waals surface area contributed by atoms with Crippen molar-refractivity contribution >= 4 is 17.5 Å². The van der Waals surface area contributed by atoms with E-state index in [1.54, 1.807) is 4.68 Å². The van der Waals surface area contributed by atoms with E-state index in [0.29, 0.717) is 11.4 Å². The van der Waals surface area contributed by atoms with Gasteiger partial charge in [0.05, 0.1) is 17.3 Å². The van der Waals surface area contributed by atoms with E-state index in [9.17, 15) is 9.59 Å². The Bertz CT molecular complexity index is 1050. The lowest BCUT2D eigenvalue weighted by Crippen LogP contribution is -2.28. The molecule has 0 saturated carbocycles. The van der Waals surface area contributed by atoms with Gasteiger partial charge in [-0.2, -0.15) is 5.10 Å². The van der Waals surface area contributed by atoms with Gasteiger partial charge in [-0.05, 0) is 38.0 Å². The summed E-state index contributed by atoms with van der Waals surface area (Å²) in [6.07, 6.45) is 1.10. The van der Waals surface area contributed by atoms with Crippen molar-refractivity contribution in [1.29, 1.82) is 0 Å². The van der Waals surface area contributed by atoms with Gasteiger partial charge in [0, 0.05) is 17.5 Å². The molecule has 4 rings (SSSR count). The molecule has 28 heavy (non-hydrogen) atoms. The van der Waals surface area contributed by atoms with Gasteiger partial charge in [-0.1, -0.05) is 48.9 Å². The molecule has 0 unspecified atom stereocenters. The number of Topliss-reactive ketones (excluding diaryl/α,β-unsaturated/α-hetero) is 1. The van der Waals surface area contributed by atoms with Gasteiger partial charge in [-0.3, -0.25) is 9.59 Å². The maximum absolute atomic E-state index is 13.2. The van der Waals surface area contributed by atoms with Crippen molar-refractivity contribution in [3.63, 3.8) is 0 Å². The maximum Gasteiger partial charge on any atom is 0.226 e. The van der Waals surface area contributed by atoms with Crippen molar-refractivity contribution < 1.29 is 9.59 Å². The Labute approximate surface area is 164 Å². The summed E-state index contributed by atoms with van der Waals surface area (Å²) in [5, 5.41) is 7.57. The Morgan fingerprint density at radius 1 is 1.11 bits per heavy atom. The minimum absolute atomic E-state index is 0.0416. The number of nitrogens with zero attached hydrogens (tertiary/aromatic N) is 2. The van der Waals surface area contributed by atoms with Crippen LogP contribution in [0.3, 0.4) is 0 Å². The average Bonchev–Trinajstić information content (AvgIpc) is 3.03. The highest BCUT2D eigenvalue weighted by Gasteiger charge is 2.36. The molecule has 0 radical (unpaired) electrons. The lowest BCUT2D eigenvalue weighted by Gasteiger charge is -2.23. The Hall–Kier alpha value is -3.21. The van der Waals surface area contributed by atoms with Gasteiger partial charge < -0.3 is 5.32 Å². The molecule has 1 aliphatic rings. The Balaban J connectivity index is 1.78. The van der Waals surface area contributed by atoms with Crippen LogP contribution in [0.4, 0.5) is 5.82 Å². The first kappa shape index (κ1) is 18.2. The van der Waals surface area contributed by atoms with Gasteiger partial charge in [0.25, 0.3) is 0 Å². The second-order valence-corrected chi connectivity index (χ2v) is 7.31. The molecule has 5 nitrogen and oxygen atoms in total. The molecule has 0 aliphatic carbocycles. The molecule has 1 N–H and O–H groups in total. The lowest BCUT2D eigenvalue weighted by atomic mass is 9.85. The van der Waals surface area contributed by atoms with Gasteiger partial charge in [0.15, 0.2) is 5.78 Å². The van der Waals surface area contributed by atoms with Crippen molar-refractivity contribution in [2.45, 2.75) is 39.5 Å². The first-order valence-electron chi connectivity index (χ1n) is 9.57. The number of hydrogen-bond donors (Lipinski definition) is 1. The SMILES string of the molecule is CCc1ccc(-n2nc(C)c3c2NC(=O)C[C@@H]3C(=O)c2ccc(C)cc2)cc1. The maximum atomic E-state index is 13.2. The zero-order valence-corrected chi connectivity index (χ0v) is 16.3. The summed E-state index contributed by atoms with van der Waals surface area (Å²) in [6.45, 7) is 5.98. The summed E-state index contributed by atoms with van der Waals surface area (Å²) in [6, 6.07) is 15.6. The predicted molar refractivity (Wildman–Crippen MR) is 109 cm³/mol. The van der Waals surface area contributed by atoms with E-state index in [-0.39, 0.29) is 18.1 Å². The van der Waals surface area contributed by atoms with E-state index in [1.807, 2.05) is 50.2 Å². The molecular formula is C23H23N3O2. The van der Waals surface area contributed by atoms with Crippen LogP contribution in [0.25, 0.3) is 5.69 Å². The van der Waals surface area contributed by atoms with Crippen molar-refractivity contribution in [2.75, 3.05) is 5.32 Å². The highest BCUT2D eigenvalue weighted by atomic mass is 16.2. The van der Waals surface area contributed by atoms with Crippen LogP contribution in [-0.2, 0) is 11.2 Å². The fourth-order valence-corrected chi connectivity index (χ4v) is 3.75. The van der Waals surface area contributed by atoms with Gasteiger partial charge in [0.2, 0.25) is 5.91 Å². The van der Waals surface area contributed by atoms with Crippen LogP contribution in [0.15, 0.2) is 48.5 Å². The standard InChI is InChI=1S/C23H23N3O2/c1-4-16-7-11-18(12-8-16)26-23-21(15(3)25-26)19(13-20(27)24-23)22(28)17-9-5-14(2)6-10-17/h5-12,19H,4,13H2,1-3H3,(H,24,27)/t19-/m0/s1. The van der Waals surface area contributed by atoms with E-state index in [1.165, 1.54) is 5.56 Å². The summed E-state index contributed by atoms with van der Waals surface area (Å²) in [5.74, 6) is -0.122. The number of aromatic nitrogens is 2. The molecule has 2 heterocycles. The van der Waals surface area contributed by atoms with Crippen molar-refractivity contribution in [3.05, 3.63) is 76.5 Å². The number of aryl methyl sites for hydroxylation is 3. The molecular weight excluding hydrogens is 350 g/mol. The lowest BCUT2D eigenvalue weighted by molar-refractivity contribution is -0.116. The number of benzene rings is 2. The van der Waals surface area contributed by atoms with Crippen molar-refractivity contribution in [3.8, 4) is 5.69 Å². The number of amides is 1. The molecule has 5 heteroatoms. The van der Waals surface area contributed by atoms with Crippen LogP contribution < -0.4 is 5.32 Å². The molecule has 1 atom stereocenters. The van der Waals surface area contributed by atoms with Gasteiger partial charge in [-0.15, -0.1) is 0 Å². The molecule has 0 fully saturated rings. The van der Waals surface area contributed by atoms with Crippen LogP contribution in [0.2, 0.25) is 0 Å². The third-order valence-electron chi connectivity index (χ3n) is 5.34. The van der Waals surface area contributed by atoms with Gasteiger partial charge in [-0.25, -0.2) is 4.68 Å². The normalized spacial score (nSPS) is 15.8. The molecule has 0 bridgehead atoms. The number of carbonyl (C=O) groups excluding carboxylic acids is 2. The minimum atomic E-state index is -0.518. The molecule has 2 aromatic carbocycles. The number of carbonyl (C=O) groups is 2. The third kappa shape index (κ3) is 3.13. The molecule has 3 aromatic rings. The Kier molecular flexibility index (Phi) is 4.59. The van der Waals surface area contributed by atoms with E-state index >= 15 is 0 Å².